The Balaban J connectivity index is 1.72. The van der Waals surface area contributed by atoms with Crippen LogP contribution in [0.3, 0.4) is 0 Å². The van der Waals surface area contributed by atoms with E-state index in [0.29, 0.717) is 5.56 Å². The number of rotatable bonds is 1. The van der Waals surface area contributed by atoms with E-state index in [-0.39, 0.29) is 0 Å². The van der Waals surface area contributed by atoms with Gasteiger partial charge in [0.25, 0.3) is 0 Å². The van der Waals surface area contributed by atoms with Crippen molar-refractivity contribution in [1.82, 2.24) is 0 Å². The third-order valence-corrected chi connectivity index (χ3v) is 6.05. The van der Waals surface area contributed by atoms with Gasteiger partial charge in [0.2, 0.25) is 0 Å². The van der Waals surface area contributed by atoms with Gasteiger partial charge in [-0.15, -0.1) is 0 Å². The molecule has 1 heteroatoms. The van der Waals surface area contributed by atoms with Crippen LogP contribution in [0.15, 0.2) is 103 Å². The zero-order valence-corrected chi connectivity index (χ0v) is 16.3. The first-order valence-corrected chi connectivity index (χ1v) is 10.1. The summed E-state index contributed by atoms with van der Waals surface area (Å²) in [5, 5.41) is 19.1. The van der Waals surface area contributed by atoms with Crippen molar-refractivity contribution in [1.29, 1.82) is 5.26 Å². The second-order valence-electron chi connectivity index (χ2n) is 7.74. The monoisotopic (exact) mass is 379 g/mol. The lowest BCUT2D eigenvalue weighted by atomic mass is 9.90. The summed E-state index contributed by atoms with van der Waals surface area (Å²) in [7, 11) is 0. The van der Waals surface area contributed by atoms with Crippen molar-refractivity contribution >= 4 is 43.1 Å². The predicted octanol–water partition coefficient (Wildman–Crippen LogP) is 7.84. The van der Waals surface area contributed by atoms with E-state index in [0.717, 1.165) is 10.8 Å². The highest BCUT2D eigenvalue weighted by Crippen LogP contribution is 2.38. The average Bonchev–Trinajstić information content (AvgIpc) is 2.82. The van der Waals surface area contributed by atoms with Gasteiger partial charge in [0.1, 0.15) is 0 Å². The number of nitrogens with zero attached hydrogens (tertiary/aromatic N) is 1. The van der Waals surface area contributed by atoms with E-state index in [4.69, 9.17) is 0 Å². The number of benzene rings is 6. The minimum Gasteiger partial charge on any atom is -0.192 e. The summed E-state index contributed by atoms with van der Waals surface area (Å²) >= 11 is 0. The Hall–Kier alpha value is -4.15. The molecule has 1 nitrogen and oxygen atoms in total. The first-order chi connectivity index (χ1) is 14.8. The molecule has 0 fully saturated rings. The van der Waals surface area contributed by atoms with Gasteiger partial charge in [0, 0.05) is 0 Å². The lowest BCUT2D eigenvalue weighted by molar-refractivity contribution is 1.50. The maximum absolute atomic E-state index is 9.19. The van der Waals surface area contributed by atoms with Gasteiger partial charge in [-0.25, -0.2) is 0 Å². The van der Waals surface area contributed by atoms with Crippen molar-refractivity contribution in [2.24, 2.45) is 0 Å². The van der Waals surface area contributed by atoms with Crippen molar-refractivity contribution < 1.29 is 0 Å². The van der Waals surface area contributed by atoms with Gasteiger partial charge in [0.05, 0.1) is 11.6 Å². The van der Waals surface area contributed by atoms with Gasteiger partial charge in [-0.2, -0.15) is 5.26 Å². The molecule has 0 saturated carbocycles. The van der Waals surface area contributed by atoms with E-state index in [1.807, 2.05) is 18.2 Å². The molecule has 0 heterocycles. The summed E-state index contributed by atoms with van der Waals surface area (Å²) in [5.74, 6) is 0. The Morgan fingerprint density at radius 1 is 0.467 bits per heavy atom. The van der Waals surface area contributed by atoms with Crippen molar-refractivity contribution in [3.8, 4) is 17.2 Å². The Labute approximate surface area is 174 Å². The molecule has 0 aliphatic heterocycles. The van der Waals surface area contributed by atoms with Crippen molar-refractivity contribution in [3.05, 3.63) is 109 Å². The lowest BCUT2D eigenvalue weighted by Gasteiger charge is -2.13. The van der Waals surface area contributed by atoms with Crippen molar-refractivity contribution in [2.75, 3.05) is 0 Å². The Bertz CT molecular complexity index is 1650. The average molecular weight is 379 g/mol. The molecule has 0 aromatic heterocycles. The molecule has 0 aliphatic rings. The molecule has 0 bridgehead atoms. The molecule has 6 aromatic carbocycles. The summed E-state index contributed by atoms with van der Waals surface area (Å²) in [6.45, 7) is 0. The fraction of sp³-hybridized carbons (Fsp3) is 0. The second kappa shape index (κ2) is 6.44. The Morgan fingerprint density at radius 3 is 2.00 bits per heavy atom. The zero-order valence-electron chi connectivity index (χ0n) is 16.3. The van der Waals surface area contributed by atoms with Crippen LogP contribution < -0.4 is 0 Å². The molecule has 0 unspecified atom stereocenters. The summed E-state index contributed by atoms with van der Waals surface area (Å²) in [6.07, 6.45) is 0. The maximum Gasteiger partial charge on any atom is 0.0991 e. The molecule has 6 rings (SSSR count). The van der Waals surface area contributed by atoms with Crippen LogP contribution in [0.25, 0.3) is 54.2 Å². The topological polar surface area (TPSA) is 23.8 Å². The highest BCUT2D eigenvalue weighted by molar-refractivity contribution is 6.21. The maximum atomic E-state index is 9.19. The normalized spacial score (nSPS) is 11.3. The van der Waals surface area contributed by atoms with E-state index < -0.39 is 0 Å². The highest BCUT2D eigenvalue weighted by Gasteiger charge is 2.11. The molecule has 138 valence electrons. The summed E-state index contributed by atoms with van der Waals surface area (Å²) in [6, 6.07) is 38.7. The lowest BCUT2D eigenvalue weighted by Crippen LogP contribution is -1.87. The van der Waals surface area contributed by atoms with Crippen LogP contribution in [0.2, 0.25) is 0 Å². The zero-order chi connectivity index (χ0) is 20.1. The van der Waals surface area contributed by atoms with Crippen LogP contribution in [0.1, 0.15) is 5.56 Å². The summed E-state index contributed by atoms with van der Waals surface area (Å²) < 4.78 is 0. The van der Waals surface area contributed by atoms with Gasteiger partial charge in [-0.05, 0) is 78.5 Å². The van der Waals surface area contributed by atoms with Crippen LogP contribution in [-0.2, 0) is 0 Å². The Kier molecular flexibility index (Phi) is 3.60. The number of hydrogen-bond acceptors (Lipinski definition) is 1. The van der Waals surface area contributed by atoms with E-state index in [1.165, 1.54) is 43.4 Å². The van der Waals surface area contributed by atoms with Crippen LogP contribution in [0, 0.1) is 11.3 Å². The molecule has 30 heavy (non-hydrogen) atoms. The van der Waals surface area contributed by atoms with Gasteiger partial charge < -0.3 is 0 Å². The van der Waals surface area contributed by atoms with Gasteiger partial charge in [-0.1, -0.05) is 78.9 Å². The molecule has 0 aliphatic carbocycles. The third kappa shape index (κ3) is 2.48. The number of fused-ring (bicyclic) bond motifs is 6. The largest absolute Gasteiger partial charge is 0.192 e. The molecular weight excluding hydrogens is 362 g/mol. The molecule has 0 saturated heterocycles. The first kappa shape index (κ1) is 16.8. The quantitative estimate of drug-likeness (QED) is 0.267. The van der Waals surface area contributed by atoms with E-state index in [9.17, 15) is 5.26 Å². The minimum atomic E-state index is 0.692. The summed E-state index contributed by atoms with van der Waals surface area (Å²) in [4.78, 5) is 0. The van der Waals surface area contributed by atoms with Crippen LogP contribution in [0.4, 0.5) is 0 Å². The second-order valence-corrected chi connectivity index (χ2v) is 7.74. The minimum absolute atomic E-state index is 0.692. The number of hydrogen-bond donors (Lipinski definition) is 0. The van der Waals surface area contributed by atoms with Crippen molar-refractivity contribution in [2.45, 2.75) is 0 Å². The van der Waals surface area contributed by atoms with Crippen LogP contribution in [0.5, 0.6) is 0 Å². The molecule has 0 radical (unpaired) electrons. The smallest absolute Gasteiger partial charge is 0.0991 e. The van der Waals surface area contributed by atoms with Gasteiger partial charge in [-0.3, -0.25) is 0 Å². The molecule has 0 amide bonds. The fourth-order valence-electron chi connectivity index (χ4n) is 4.58. The van der Waals surface area contributed by atoms with E-state index in [2.05, 4.69) is 91.0 Å². The van der Waals surface area contributed by atoms with E-state index in [1.54, 1.807) is 0 Å². The van der Waals surface area contributed by atoms with E-state index >= 15 is 0 Å². The molecule has 0 spiro atoms. The fourth-order valence-corrected chi connectivity index (χ4v) is 4.58. The molecule has 6 aromatic rings. The Morgan fingerprint density at radius 2 is 1.13 bits per heavy atom. The third-order valence-electron chi connectivity index (χ3n) is 6.05. The van der Waals surface area contributed by atoms with Gasteiger partial charge in [0.15, 0.2) is 0 Å². The predicted molar refractivity (Wildman–Crippen MR) is 127 cm³/mol. The highest BCUT2D eigenvalue weighted by atomic mass is 14.2. The van der Waals surface area contributed by atoms with Gasteiger partial charge >= 0.3 is 0 Å². The van der Waals surface area contributed by atoms with Crippen LogP contribution in [-0.4, -0.2) is 0 Å². The SMILES string of the molecule is N#Cc1ccc2cc(-c3cc4c5ccccc5ccc4c4ccccc34)ccc2c1. The number of nitriles is 1. The molecule has 0 N–H and O–H groups in total. The molecule has 0 atom stereocenters. The van der Waals surface area contributed by atoms with Crippen LogP contribution >= 0.6 is 0 Å². The standard InChI is InChI=1S/C29H17N/c30-18-19-9-10-22-16-23(12-11-21(22)15-19)28-17-29-24-6-2-1-5-20(24)13-14-27(29)25-7-3-4-8-26(25)28/h1-17H. The van der Waals surface area contributed by atoms with Crippen molar-refractivity contribution in [3.63, 3.8) is 0 Å². The first-order valence-electron chi connectivity index (χ1n) is 10.1. The summed E-state index contributed by atoms with van der Waals surface area (Å²) in [5.41, 5.74) is 3.12. The molecular formula is C29H17N.